The number of carbonyl (C=O) groups is 1. The van der Waals surface area contributed by atoms with Crippen LogP contribution in [0.5, 0.6) is 11.5 Å². The third kappa shape index (κ3) is 5.74. The Morgan fingerprint density at radius 3 is 2.23 bits per heavy atom. The van der Waals surface area contributed by atoms with E-state index in [4.69, 9.17) is 9.47 Å². The molecular weight excluding hydrogens is 471 g/mol. The highest BCUT2D eigenvalue weighted by Crippen LogP contribution is 2.37. The monoisotopic (exact) mass is 500 g/mol. The van der Waals surface area contributed by atoms with Crippen LogP contribution in [0.25, 0.3) is 0 Å². The van der Waals surface area contributed by atoms with Crippen molar-refractivity contribution in [3.8, 4) is 11.5 Å². The van der Waals surface area contributed by atoms with E-state index in [0.717, 1.165) is 21.7 Å². The summed E-state index contributed by atoms with van der Waals surface area (Å²) in [4.78, 5) is 13.6. The molecule has 0 aliphatic carbocycles. The van der Waals surface area contributed by atoms with Crippen LogP contribution < -0.4 is 19.1 Å². The van der Waals surface area contributed by atoms with Crippen molar-refractivity contribution in [3.63, 3.8) is 0 Å². The Morgan fingerprint density at radius 2 is 1.63 bits per heavy atom. The van der Waals surface area contributed by atoms with Gasteiger partial charge in [0.05, 0.1) is 38.3 Å². The highest BCUT2D eigenvalue weighted by molar-refractivity contribution is 7.92. The van der Waals surface area contributed by atoms with E-state index in [1.54, 1.807) is 6.07 Å². The molecule has 1 N–H and O–H groups in total. The molecule has 3 rings (SSSR count). The van der Waals surface area contributed by atoms with Crippen LogP contribution in [0.4, 0.5) is 15.8 Å². The van der Waals surface area contributed by atoms with Gasteiger partial charge >= 0.3 is 0 Å². The fourth-order valence-electron chi connectivity index (χ4n) is 3.80. The normalized spacial score (nSPS) is 11.1. The fraction of sp³-hybridized carbons (Fsp3) is 0.269. The number of benzene rings is 3. The van der Waals surface area contributed by atoms with Crippen LogP contribution >= 0.6 is 0 Å². The summed E-state index contributed by atoms with van der Waals surface area (Å²) in [6.45, 7) is 3.54. The Hall–Kier alpha value is -3.59. The zero-order chi connectivity index (χ0) is 25.8. The molecule has 0 unspecified atom stereocenters. The average molecular weight is 501 g/mol. The Kier molecular flexibility index (Phi) is 8.01. The third-order valence-electron chi connectivity index (χ3n) is 5.67. The molecule has 9 heteroatoms. The van der Waals surface area contributed by atoms with E-state index in [-0.39, 0.29) is 34.9 Å². The van der Waals surface area contributed by atoms with E-state index in [0.29, 0.717) is 12.1 Å². The first-order chi connectivity index (χ1) is 16.6. The summed E-state index contributed by atoms with van der Waals surface area (Å²) in [5, 5.41) is 2.93. The van der Waals surface area contributed by atoms with Gasteiger partial charge in [0.25, 0.3) is 5.91 Å². The number of hydrogen-bond acceptors (Lipinski definition) is 5. The van der Waals surface area contributed by atoms with Gasteiger partial charge in [0.2, 0.25) is 10.0 Å². The molecule has 0 saturated carbocycles. The number of para-hydroxylation sites is 1. The molecule has 0 saturated heterocycles. The number of ether oxygens (including phenoxy) is 2. The summed E-state index contributed by atoms with van der Waals surface area (Å²) in [6.07, 6.45) is 1.70. The largest absolute Gasteiger partial charge is 0.493 e. The smallest absolute Gasteiger partial charge is 0.257 e. The maximum absolute atomic E-state index is 14.4. The number of halogens is 1. The number of hydrogen-bond donors (Lipinski definition) is 1. The Labute approximate surface area is 205 Å². The van der Waals surface area contributed by atoms with Gasteiger partial charge in [-0.2, -0.15) is 0 Å². The van der Waals surface area contributed by atoms with E-state index in [1.807, 2.05) is 32.0 Å². The highest BCUT2D eigenvalue weighted by atomic mass is 32.2. The van der Waals surface area contributed by atoms with Crippen molar-refractivity contribution in [2.75, 3.05) is 30.1 Å². The number of amides is 1. The lowest BCUT2D eigenvalue weighted by atomic mass is 10.0. The maximum Gasteiger partial charge on any atom is 0.257 e. The van der Waals surface area contributed by atoms with Gasteiger partial charge in [0.15, 0.2) is 11.5 Å². The van der Waals surface area contributed by atoms with Crippen LogP contribution in [-0.2, 0) is 23.0 Å². The number of carbonyl (C=O) groups excluding carboxylic acids is 1. The minimum atomic E-state index is -3.94. The van der Waals surface area contributed by atoms with Gasteiger partial charge in [-0.3, -0.25) is 9.10 Å². The van der Waals surface area contributed by atoms with Crippen molar-refractivity contribution >= 4 is 27.3 Å². The van der Waals surface area contributed by atoms with E-state index < -0.39 is 21.7 Å². The molecule has 0 atom stereocenters. The lowest BCUT2D eigenvalue weighted by Gasteiger charge is -2.26. The van der Waals surface area contributed by atoms with Gasteiger partial charge in [-0.25, -0.2) is 12.8 Å². The lowest BCUT2D eigenvalue weighted by Crippen LogP contribution is -2.32. The first-order valence-electron chi connectivity index (χ1n) is 11.0. The van der Waals surface area contributed by atoms with Gasteiger partial charge in [-0.15, -0.1) is 0 Å². The minimum absolute atomic E-state index is 0.0368. The Balaban J connectivity index is 2.19. The van der Waals surface area contributed by atoms with Crippen LogP contribution in [-0.4, -0.2) is 34.8 Å². The molecule has 1 amide bonds. The molecule has 3 aromatic rings. The van der Waals surface area contributed by atoms with Crippen molar-refractivity contribution in [3.05, 3.63) is 82.7 Å². The summed E-state index contributed by atoms with van der Waals surface area (Å²) >= 11 is 0. The van der Waals surface area contributed by atoms with E-state index >= 15 is 0 Å². The molecule has 0 radical (unpaired) electrons. The summed E-state index contributed by atoms with van der Waals surface area (Å²) in [5.41, 5.74) is 2.69. The second-order valence-corrected chi connectivity index (χ2v) is 9.91. The number of anilines is 2. The number of rotatable bonds is 9. The summed E-state index contributed by atoms with van der Waals surface area (Å²) < 4.78 is 52.0. The minimum Gasteiger partial charge on any atom is -0.493 e. The molecule has 186 valence electrons. The zero-order valence-corrected chi connectivity index (χ0v) is 21.2. The Morgan fingerprint density at radius 1 is 1.00 bits per heavy atom. The molecule has 7 nitrogen and oxygen atoms in total. The molecule has 0 spiro atoms. The van der Waals surface area contributed by atoms with Gasteiger partial charge in [-0.1, -0.05) is 43.3 Å². The SMILES string of the molecule is CCc1cccc(C)c1NC(=O)c1cc(OC)c(OC)cc1N(Cc1ccccc1F)S(C)(=O)=O. The predicted octanol–water partition coefficient (Wildman–Crippen LogP) is 4.93. The van der Waals surface area contributed by atoms with Crippen molar-refractivity contribution in [2.45, 2.75) is 26.8 Å². The fourth-order valence-corrected chi connectivity index (χ4v) is 4.68. The molecule has 0 aliphatic heterocycles. The number of nitrogens with zero attached hydrogens (tertiary/aromatic N) is 1. The number of nitrogens with one attached hydrogen (secondary N) is 1. The van der Waals surface area contributed by atoms with Gasteiger partial charge < -0.3 is 14.8 Å². The number of sulfonamides is 1. The molecule has 0 aliphatic rings. The second-order valence-electron chi connectivity index (χ2n) is 8.00. The average Bonchev–Trinajstić information content (AvgIpc) is 2.83. The van der Waals surface area contributed by atoms with Crippen LogP contribution in [0, 0.1) is 12.7 Å². The standard InChI is InChI=1S/C26H29FN2O5S/c1-6-18-12-9-10-17(2)25(18)28-26(30)20-14-23(33-3)24(34-4)15-22(20)29(35(5,31)32)16-19-11-7-8-13-21(19)27/h7-15H,6,16H2,1-5H3,(H,28,30). The van der Waals surface area contributed by atoms with Crippen molar-refractivity contribution in [1.29, 1.82) is 0 Å². The van der Waals surface area contributed by atoms with Crippen molar-refractivity contribution in [2.24, 2.45) is 0 Å². The number of aryl methyl sites for hydroxylation is 2. The van der Waals surface area contributed by atoms with Crippen LogP contribution in [0.15, 0.2) is 54.6 Å². The maximum atomic E-state index is 14.4. The van der Waals surface area contributed by atoms with Gasteiger partial charge in [0.1, 0.15) is 5.82 Å². The predicted molar refractivity (Wildman–Crippen MR) is 135 cm³/mol. The first kappa shape index (κ1) is 26.0. The lowest BCUT2D eigenvalue weighted by molar-refractivity contribution is 0.102. The van der Waals surface area contributed by atoms with Gasteiger partial charge in [0, 0.05) is 17.3 Å². The molecule has 35 heavy (non-hydrogen) atoms. The Bertz CT molecular complexity index is 1340. The number of methoxy groups -OCH3 is 2. The zero-order valence-electron chi connectivity index (χ0n) is 20.4. The van der Waals surface area contributed by atoms with Crippen molar-refractivity contribution < 1.29 is 27.1 Å². The quantitative estimate of drug-likeness (QED) is 0.450. The van der Waals surface area contributed by atoms with Gasteiger partial charge in [-0.05, 0) is 36.6 Å². The van der Waals surface area contributed by atoms with Crippen LogP contribution in [0.2, 0.25) is 0 Å². The van der Waals surface area contributed by atoms with E-state index in [9.17, 15) is 17.6 Å². The summed E-state index contributed by atoms with van der Waals surface area (Å²) in [7, 11) is -1.11. The highest BCUT2D eigenvalue weighted by Gasteiger charge is 2.27. The van der Waals surface area contributed by atoms with Crippen molar-refractivity contribution in [1.82, 2.24) is 0 Å². The van der Waals surface area contributed by atoms with Crippen LogP contribution in [0.3, 0.4) is 0 Å². The van der Waals surface area contributed by atoms with E-state index in [2.05, 4.69) is 5.32 Å². The molecule has 0 aromatic heterocycles. The van der Waals surface area contributed by atoms with E-state index in [1.165, 1.54) is 44.6 Å². The molecular formula is C26H29FN2O5S. The van der Waals surface area contributed by atoms with Crippen LogP contribution in [0.1, 0.15) is 34.0 Å². The molecule has 0 heterocycles. The summed E-state index contributed by atoms with van der Waals surface area (Å²) in [6, 6.07) is 14.4. The first-order valence-corrected chi connectivity index (χ1v) is 12.8. The molecule has 3 aromatic carbocycles. The molecule has 0 fully saturated rings. The second kappa shape index (κ2) is 10.8. The topological polar surface area (TPSA) is 84.9 Å². The summed E-state index contributed by atoms with van der Waals surface area (Å²) in [5.74, 6) is -0.611. The third-order valence-corrected chi connectivity index (χ3v) is 6.79. The molecule has 0 bridgehead atoms.